The second kappa shape index (κ2) is 12.7. The molecule has 0 spiro atoms. The monoisotopic (exact) mass is 582 g/mol. The number of nitrogens with zero attached hydrogens (tertiary/aromatic N) is 1. The van der Waals surface area contributed by atoms with Gasteiger partial charge in [0.2, 0.25) is 0 Å². The number of carbonyl (C=O) groups excluding carboxylic acids is 2. The fourth-order valence-electron chi connectivity index (χ4n) is 4.07. The highest BCUT2D eigenvalue weighted by molar-refractivity contribution is 8.27. The van der Waals surface area contributed by atoms with Crippen LogP contribution in [-0.2, 0) is 9.59 Å². The number of rotatable bonds is 9. The van der Waals surface area contributed by atoms with Crippen molar-refractivity contribution in [2.24, 2.45) is 0 Å². The number of hydrogen-bond donors (Lipinski definition) is 1. The van der Waals surface area contributed by atoms with E-state index < -0.39 is 0 Å². The Balaban J connectivity index is 1.24. The van der Waals surface area contributed by atoms with Crippen molar-refractivity contribution in [2.45, 2.75) is 6.92 Å². The van der Waals surface area contributed by atoms with E-state index in [9.17, 15) is 9.59 Å². The molecule has 0 saturated carbocycles. The van der Waals surface area contributed by atoms with Crippen LogP contribution in [-0.4, -0.2) is 29.9 Å². The fourth-order valence-corrected chi connectivity index (χ4v) is 5.36. The van der Waals surface area contributed by atoms with E-state index in [-0.39, 0.29) is 18.4 Å². The van der Waals surface area contributed by atoms with Crippen molar-refractivity contribution in [3.05, 3.63) is 113 Å². The highest BCUT2D eigenvalue weighted by Gasteiger charge is 2.33. The van der Waals surface area contributed by atoms with E-state index in [1.165, 1.54) is 23.8 Å². The van der Waals surface area contributed by atoms with Gasteiger partial charge < -0.3 is 19.5 Å². The van der Waals surface area contributed by atoms with Gasteiger partial charge in [0.05, 0.1) is 17.7 Å². The van der Waals surface area contributed by atoms with Crippen LogP contribution in [0.2, 0.25) is 0 Å². The maximum absolute atomic E-state index is 13.3. The molecule has 41 heavy (non-hydrogen) atoms. The third-order valence-electron chi connectivity index (χ3n) is 6.13. The zero-order valence-corrected chi connectivity index (χ0v) is 24.0. The average Bonchev–Trinajstić information content (AvgIpc) is 3.26. The fraction of sp³-hybridized carbons (Fsp3) is 0.0938. The number of hydrogen-bond acceptors (Lipinski definition) is 7. The van der Waals surface area contributed by atoms with Crippen LogP contribution in [0.25, 0.3) is 6.08 Å². The summed E-state index contributed by atoms with van der Waals surface area (Å²) in [5.74, 6) is 1.73. The largest absolute Gasteiger partial charge is 0.493 e. The molecule has 0 bridgehead atoms. The molecule has 0 atom stereocenters. The number of methoxy groups -OCH3 is 1. The van der Waals surface area contributed by atoms with Gasteiger partial charge in [0.15, 0.2) is 22.4 Å². The van der Waals surface area contributed by atoms with Gasteiger partial charge in [-0.05, 0) is 78.7 Å². The van der Waals surface area contributed by atoms with Crippen LogP contribution in [0.1, 0.15) is 11.1 Å². The molecule has 9 heteroatoms. The van der Waals surface area contributed by atoms with Gasteiger partial charge in [-0.3, -0.25) is 14.5 Å². The molecule has 1 saturated heterocycles. The van der Waals surface area contributed by atoms with E-state index in [1.807, 2.05) is 61.5 Å². The number of para-hydroxylation sites is 2. The van der Waals surface area contributed by atoms with Crippen LogP contribution in [0.15, 0.2) is 102 Å². The van der Waals surface area contributed by atoms with Crippen LogP contribution in [0.3, 0.4) is 0 Å². The molecule has 0 aromatic heterocycles. The number of anilines is 2. The Labute approximate surface area is 247 Å². The lowest BCUT2D eigenvalue weighted by Gasteiger charge is -2.15. The first-order valence-corrected chi connectivity index (χ1v) is 13.9. The third kappa shape index (κ3) is 6.77. The van der Waals surface area contributed by atoms with Gasteiger partial charge in [-0.25, -0.2) is 0 Å². The minimum absolute atomic E-state index is 0.183. The Kier molecular flexibility index (Phi) is 8.67. The summed E-state index contributed by atoms with van der Waals surface area (Å²) in [4.78, 5) is 27.7. The second-order valence-electron chi connectivity index (χ2n) is 8.99. The third-order valence-corrected chi connectivity index (χ3v) is 7.43. The zero-order valence-electron chi connectivity index (χ0n) is 22.3. The Bertz CT molecular complexity index is 1620. The van der Waals surface area contributed by atoms with Crippen LogP contribution in [0, 0.1) is 6.92 Å². The molecule has 7 nitrogen and oxygen atoms in total. The van der Waals surface area contributed by atoms with Gasteiger partial charge in [-0.2, -0.15) is 0 Å². The molecule has 1 heterocycles. The van der Waals surface area contributed by atoms with Crippen molar-refractivity contribution in [1.29, 1.82) is 0 Å². The Hall–Kier alpha value is -4.60. The van der Waals surface area contributed by atoms with Gasteiger partial charge in [0.25, 0.3) is 11.8 Å². The molecule has 4 aromatic rings. The van der Waals surface area contributed by atoms with Gasteiger partial charge in [-0.1, -0.05) is 66.4 Å². The first kappa shape index (κ1) is 27.9. The zero-order chi connectivity index (χ0) is 28.8. The summed E-state index contributed by atoms with van der Waals surface area (Å²) >= 11 is 6.75. The number of thioether (sulfide) groups is 1. The van der Waals surface area contributed by atoms with E-state index in [4.69, 9.17) is 26.4 Å². The summed E-state index contributed by atoms with van der Waals surface area (Å²) in [6.45, 7) is 1.74. The van der Waals surface area contributed by atoms with Gasteiger partial charge >= 0.3 is 0 Å². The number of aryl methyl sites for hydroxylation is 1. The SMILES string of the molecule is COc1cc(/C=C2\SC(=S)N(c3ccc(Oc4ccccc4)cc3)C2=O)ccc1OCC(=O)Nc1ccccc1C. The molecule has 1 fully saturated rings. The van der Waals surface area contributed by atoms with Crippen LogP contribution in [0.5, 0.6) is 23.0 Å². The van der Waals surface area contributed by atoms with Crippen molar-refractivity contribution in [2.75, 3.05) is 23.9 Å². The number of thiocarbonyl (C=S) groups is 1. The summed E-state index contributed by atoms with van der Waals surface area (Å²) < 4.78 is 17.5. The summed E-state index contributed by atoms with van der Waals surface area (Å²) in [5.41, 5.74) is 3.08. The molecule has 1 N–H and O–H groups in total. The minimum Gasteiger partial charge on any atom is -0.493 e. The van der Waals surface area contributed by atoms with Crippen molar-refractivity contribution < 1.29 is 23.8 Å². The summed E-state index contributed by atoms with van der Waals surface area (Å²) in [5, 5.41) is 2.84. The molecular weight excluding hydrogens is 556 g/mol. The summed E-state index contributed by atoms with van der Waals surface area (Å²) in [7, 11) is 1.52. The number of carbonyl (C=O) groups is 2. The first-order chi connectivity index (χ1) is 19.9. The summed E-state index contributed by atoms with van der Waals surface area (Å²) in [6, 6.07) is 29.4. The van der Waals surface area contributed by atoms with E-state index >= 15 is 0 Å². The van der Waals surface area contributed by atoms with Crippen molar-refractivity contribution in [3.63, 3.8) is 0 Å². The lowest BCUT2D eigenvalue weighted by Crippen LogP contribution is -2.27. The van der Waals surface area contributed by atoms with Crippen molar-refractivity contribution in [3.8, 4) is 23.0 Å². The van der Waals surface area contributed by atoms with E-state index in [0.29, 0.717) is 32.2 Å². The van der Waals surface area contributed by atoms with Crippen LogP contribution < -0.4 is 24.4 Å². The Morgan fingerprint density at radius 2 is 1.63 bits per heavy atom. The number of ether oxygens (including phenoxy) is 3. The van der Waals surface area contributed by atoms with Crippen LogP contribution in [0.4, 0.5) is 11.4 Å². The molecule has 0 radical (unpaired) electrons. The predicted molar refractivity (Wildman–Crippen MR) is 167 cm³/mol. The van der Waals surface area contributed by atoms with E-state index in [0.717, 1.165) is 22.6 Å². The molecule has 1 aliphatic rings. The Morgan fingerprint density at radius 1 is 0.927 bits per heavy atom. The molecule has 0 unspecified atom stereocenters. The topological polar surface area (TPSA) is 77.1 Å². The highest BCUT2D eigenvalue weighted by Crippen LogP contribution is 2.38. The van der Waals surface area contributed by atoms with Gasteiger partial charge in [0.1, 0.15) is 11.5 Å². The second-order valence-corrected chi connectivity index (χ2v) is 10.7. The molecule has 206 valence electrons. The number of nitrogens with one attached hydrogen (secondary N) is 1. The minimum atomic E-state index is -0.284. The molecule has 0 aliphatic carbocycles. The lowest BCUT2D eigenvalue weighted by atomic mass is 10.1. The van der Waals surface area contributed by atoms with Gasteiger partial charge in [0, 0.05) is 5.69 Å². The average molecular weight is 583 g/mol. The number of benzene rings is 4. The Morgan fingerprint density at radius 3 is 2.37 bits per heavy atom. The van der Waals surface area contributed by atoms with E-state index in [1.54, 1.807) is 48.5 Å². The molecule has 2 amide bonds. The van der Waals surface area contributed by atoms with Crippen LogP contribution >= 0.6 is 24.0 Å². The summed E-state index contributed by atoms with van der Waals surface area (Å²) in [6.07, 6.45) is 1.75. The molecule has 1 aliphatic heterocycles. The molecule has 4 aromatic carbocycles. The quantitative estimate of drug-likeness (QED) is 0.165. The first-order valence-electron chi connectivity index (χ1n) is 12.7. The highest BCUT2D eigenvalue weighted by atomic mass is 32.2. The van der Waals surface area contributed by atoms with Gasteiger partial charge in [-0.15, -0.1) is 0 Å². The molecular formula is C32H26N2O5S2. The smallest absolute Gasteiger partial charge is 0.270 e. The maximum Gasteiger partial charge on any atom is 0.270 e. The van der Waals surface area contributed by atoms with Crippen molar-refractivity contribution >= 4 is 57.6 Å². The lowest BCUT2D eigenvalue weighted by molar-refractivity contribution is -0.118. The predicted octanol–water partition coefficient (Wildman–Crippen LogP) is 7.22. The van der Waals surface area contributed by atoms with Crippen molar-refractivity contribution in [1.82, 2.24) is 0 Å². The van der Waals surface area contributed by atoms with E-state index in [2.05, 4.69) is 5.32 Å². The maximum atomic E-state index is 13.3. The normalized spacial score (nSPS) is 13.8. The molecule has 5 rings (SSSR count). The number of amides is 2. The standard InChI is InChI=1S/C32H26N2O5S2/c1-21-8-6-7-11-26(21)33-30(35)20-38-27-17-12-22(18-28(27)37-2)19-29-31(36)34(32(40)41-29)23-13-15-25(16-14-23)39-24-9-4-3-5-10-24/h3-19H,20H2,1-2H3,(H,33,35)/b29-19-.